The van der Waals surface area contributed by atoms with Crippen LogP contribution in [0.1, 0.15) is 70.4 Å². The predicted octanol–water partition coefficient (Wildman–Crippen LogP) is 7.53. The molecule has 0 radical (unpaired) electrons. The molecular formula is C65H74N12O4. The fourth-order valence-electron chi connectivity index (χ4n) is 10.9. The van der Waals surface area contributed by atoms with E-state index >= 15 is 0 Å². The van der Waals surface area contributed by atoms with Crippen LogP contribution in [0.2, 0.25) is 0 Å². The van der Waals surface area contributed by atoms with Crippen molar-refractivity contribution in [3.05, 3.63) is 192 Å². The molecule has 8 aromatic rings. The van der Waals surface area contributed by atoms with Gasteiger partial charge in [-0.3, -0.25) is 30.0 Å². The lowest BCUT2D eigenvalue weighted by Crippen LogP contribution is -2.49. The van der Waals surface area contributed by atoms with Crippen molar-refractivity contribution >= 4 is 78.6 Å². The zero-order valence-corrected chi connectivity index (χ0v) is 45.8. The number of nitrogens with one attached hydrogen (secondary N) is 8. The molecule has 0 saturated carbocycles. The van der Waals surface area contributed by atoms with Crippen LogP contribution in [-0.2, 0) is 22.6 Å². The van der Waals surface area contributed by atoms with Crippen molar-refractivity contribution in [2.75, 3.05) is 45.8 Å². The Bertz CT molecular complexity index is 3510. The third-order valence-electron chi connectivity index (χ3n) is 15.3. The molecule has 0 aliphatic carbocycles. The fourth-order valence-corrected chi connectivity index (χ4v) is 10.9. The lowest BCUT2D eigenvalue weighted by Gasteiger charge is -2.25. The van der Waals surface area contributed by atoms with Crippen LogP contribution in [0.25, 0.3) is 43.1 Å². The molecule has 418 valence electrons. The molecule has 0 bridgehead atoms. The minimum Gasteiger partial charge on any atom is -0.370 e. The number of rotatable bonds is 19. The second-order valence-corrected chi connectivity index (χ2v) is 21.1. The Morgan fingerprint density at radius 3 is 1.48 bits per heavy atom. The second-order valence-electron chi connectivity index (χ2n) is 21.1. The summed E-state index contributed by atoms with van der Waals surface area (Å²) < 4.78 is 0. The maximum Gasteiger partial charge on any atom is 0.251 e. The van der Waals surface area contributed by atoms with Crippen LogP contribution >= 0.6 is 0 Å². The maximum absolute atomic E-state index is 13.7. The van der Waals surface area contributed by atoms with Crippen LogP contribution in [0.5, 0.6) is 0 Å². The molecule has 2 fully saturated rings. The highest BCUT2D eigenvalue weighted by molar-refractivity contribution is 5.99. The van der Waals surface area contributed by atoms with Crippen LogP contribution in [-0.4, -0.2) is 115 Å². The Morgan fingerprint density at radius 1 is 0.506 bits per heavy atom. The summed E-state index contributed by atoms with van der Waals surface area (Å²) >= 11 is 0. The summed E-state index contributed by atoms with van der Waals surface area (Å²) in [5.74, 6) is -0.263. The second kappa shape index (κ2) is 27.8. The normalized spacial score (nSPS) is 17.4. The van der Waals surface area contributed by atoms with Gasteiger partial charge in [-0.05, 0) is 123 Å². The van der Waals surface area contributed by atoms with Gasteiger partial charge in [-0.2, -0.15) is 0 Å². The summed E-state index contributed by atoms with van der Waals surface area (Å²) in [6.07, 6.45) is 4.82. The van der Waals surface area contributed by atoms with E-state index in [0.717, 1.165) is 57.1 Å². The number of carbonyl (C=O) groups is 4. The van der Waals surface area contributed by atoms with E-state index in [1.165, 1.54) is 16.3 Å². The number of fused-ring (bicyclic) bond motifs is 4. The van der Waals surface area contributed by atoms with Crippen LogP contribution in [0.3, 0.4) is 0 Å². The van der Waals surface area contributed by atoms with Gasteiger partial charge in [0.2, 0.25) is 11.8 Å². The zero-order valence-electron chi connectivity index (χ0n) is 45.8. The molecule has 2 heterocycles. The van der Waals surface area contributed by atoms with Gasteiger partial charge in [-0.25, -0.2) is 0 Å². The van der Waals surface area contributed by atoms with E-state index in [4.69, 9.17) is 22.3 Å². The maximum atomic E-state index is 13.7. The van der Waals surface area contributed by atoms with Crippen molar-refractivity contribution in [2.24, 2.45) is 11.5 Å². The van der Waals surface area contributed by atoms with E-state index in [-0.39, 0.29) is 53.7 Å². The summed E-state index contributed by atoms with van der Waals surface area (Å²) in [7, 11) is 0. The van der Waals surface area contributed by atoms with E-state index in [0.29, 0.717) is 89.2 Å². The van der Waals surface area contributed by atoms with Gasteiger partial charge in [0, 0.05) is 75.6 Å². The summed E-state index contributed by atoms with van der Waals surface area (Å²) in [4.78, 5) is 57.3. The zero-order chi connectivity index (χ0) is 56.5. The number of benzene rings is 8. The molecule has 10 rings (SSSR count). The highest BCUT2D eigenvalue weighted by atomic mass is 16.2. The molecule has 2 aliphatic heterocycles. The molecule has 4 amide bonds. The minimum absolute atomic E-state index is 0.0419. The van der Waals surface area contributed by atoms with Crippen LogP contribution in [0.4, 0.5) is 0 Å². The van der Waals surface area contributed by atoms with Crippen molar-refractivity contribution in [1.82, 2.24) is 41.7 Å². The summed E-state index contributed by atoms with van der Waals surface area (Å²) in [6, 6.07) is 55.7. The van der Waals surface area contributed by atoms with Gasteiger partial charge in [0.15, 0.2) is 11.9 Å². The van der Waals surface area contributed by atoms with Gasteiger partial charge in [0.05, 0.1) is 12.1 Å². The Hall–Kier alpha value is -8.86. The van der Waals surface area contributed by atoms with Crippen LogP contribution in [0, 0.1) is 10.8 Å². The first-order valence-electron chi connectivity index (χ1n) is 28.2. The number of hydrogen-bond acceptors (Lipinski definition) is 8. The molecule has 0 spiro atoms. The smallest absolute Gasteiger partial charge is 0.251 e. The molecule has 16 heteroatoms. The summed E-state index contributed by atoms with van der Waals surface area (Å²) in [5.41, 5.74) is 14.4. The lowest BCUT2D eigenvalue weighted by molar-refractivity contribution is -0.134. The fraction of sp³-hybridized carbons (Fsp3) is 0.292. The molecule has 0 unspecified atom stereocenters. The summed E-state index contributed by atoms with van der Waals surface area (Å²) in [5, 5.41) is 42.6. The number of nitrogens with two attached hydrogens (primary N) is 2. The summed E-state index contributed by atoms with van der Waals surface area (Å²) in [6.45, 7) is 4.28. The SMILES string of the molecule is N=C(N)NCCC[C@@H]1N[C@H](CNC(=O)c2ccc3ccccc3c2)CCN(CCc2ccc3ccccc3c2)C1=O.N=C(N)NCCC[C@@H]1N[C@H](CNC(=O)c2ccc3ccccc3c2)CCN(Cc2cccc3ccccc23)C1=O. The minimum atomic E-state index is -0.395. The van der Waals surface area contributed by atoms with Crippen molar-refractivity contribution in [3.63, 3.8) is 0 Å². The third kappa shape index (κ3) is 15.7. The van der Waals surface area contributed by atoms with E-state index in [9.17, 15) is 19.2 Å². The Kier molecular flexibility index (Phi) is 19.5. The molecule has 8 aromatic carbocycles. The molecule has 0 aromatic heterocycles. The lowest BCUT2D eigenvalue weighted by atomic mass is 10.0. The van der Waals surface area contributed by atoms with E-state index in [1.54, 1.807) is 0 Å². The topological polar surface area (TPSA) is 247 Å². The van der Waals surface area contributed by atoms with Crippen molar-refractivity contribution in [1.29, 1.82) is 10.8 Å². The molecule has 4 atom stereocenters. The molecule has 81 heavy (non-hydrogen) atoms. The van der Waals surface area contributed by atoms with Gasteiger partial charge in [-0.1, -0.05) is 146 Å². The average Bonchev–Trinajstić information content (AvgIpc) is 3.74. The molecule has 2 saturated heterocycles. The van der Waals surface area contributed by atoms with E-state index in [1.807, 2.05) is 125 Å². The number of guanidine groups is 2. The van der Waals surface area contributed by atoms with Gasteiger partial charge in [0.1, 0.15) is 0 Å². The first kappa shape index (κ1) is 56.8. The number of nitrogens with zero attached hydrogens (tertiary/aromatic N) is 2. The van der Waals surface area contributed by atoms with Gasteiger partial charge in [-0.15, -0.1) is 0 Å². The highest BCUT2D eigenvalue weighted by Crippen LogP contribution is 2.24. The predicted molar refractivity (Wildman–Crippen MR) is 325 cm³/mol. The average molecular weight is 1090 g/mol. The van der Waals surface area contributed by atoms with Gasteiger partial charge < -0.3 is 53.2 Å². The van der Waals surface area contributed by atoms with Crippen LogP contribution in [0.15, 0.2) is 170 Å². The largest absolute Gasteiger partial charge is 0.370 e. The van der Waals surface area contributed by atoms with E-state index in [2.05, 4.69) is 86.5 Å². The van der Waals surface area contributed by atoms with Gasteiger partial charge >= 0.3 is 0 Å². The monoisotopic (exact) mass is 1090 g/mol. The first-order valence-corrected chi connectivity index (χ1v) is 28.2. The molecule has 16 nitrogen and oxygen atoms in total. The number of hydrogen-bond donors (Lipinski definition) is 10. The Labute approximate surface area is 473 Å². The molecule has 2 aliphatic rings. The van der Waals surface area contributed by atoms with Crippen molar-refractivity contribution in [3.8, 4) is 0 Å². The molecule has 12 N–H and O–H groups in total. The van der Waals surface area contributed by atoms with E-state index < -0.39 is 6.04 Å². The van der Waals surface area contributed by atoms with Crippen molar-refractivity contribution < 1.29 is 19.2 Å². The van der Waals surface area contributed by atoms with Crippen molar-refractivity contribution in [2.45, 2.75) is 75.7 Å². The Morgan fingerprint density at radius 2 is 0.951 bits per heavy atom. The van der Waals surface area contributed by atoms with Gasteiger partial charge in [0.25, 0.3) is 11.8 Å². The number of carbonyl (C=O) groups excluding carboxylic acids is 4. The number of amides is 4. The quantitative estimate of drug-likeness (QED) is 0.0217. The van der Waals surface area contributed by atoms with Crippen LogP contribution < -0.4 is 43.4 Å². The first-order chi connectivity index (χ1) is 39.4. The standard InChI is InChI=1S/C33H38N6O2.C32H36N6O2/c34-33(35)36-17-5-10-30-32(41)39(18-15-23-11-12-24-6-1-3-8-26(24)20-23)19-16-29(38-30)22-37-31(40)28-14-13-25-7-2-4-9-27(25)21-28;33-32(34)35-17-6-13-29-31(40)38(21-26-11-5-10-23-8-3-4-12-28(23)26)18-16-27(37-29)20-36-30(39)25-15-14-22-7-1-2-9-24(22)19-25/h1-4,6-9,11-14,20-21,29-30,38H,5,10,15-19,22H2,(H,37,40)(H4,34,35,36);1-5,7-12,14-15,19,27,29,37H,6,13,16-18,20-21H2,(H,36,39)(H4,33,34,35)/t29-,30-;27-,29-/m00/s1. The Balaban J connectivity index is 0.000000196. The molecular weight excluding hydrogens is 1010 g/mol. The third-order valence-corrected chi connectivity index (χ3v) is 15.3. The highest BCUT2D eigenvalue weighted by Gasteiger charge is 2.32.